The summed E-state index contributed by atoms with van der Waals surface area (Å²) in [6.45, 7) is 15.4. The largest absolute Gasteiger partial charge is 0.396 e. The summed E-state index contributed by atoms with van der Waals surface area (Å²) in [6, 6.07) is 0. The Hall–Kier alpha value is -0.820. The molecule has 0 spiro atoms. The second-order valence-corrected chi connectivity index (χ2v) is 7.86. The quantitative estimate of drug-likeness (QED) is 0.551. The molecule has 0 bridgehead atoms. The van der Waals surface area contributed by atoms with Crippen molar-refractivity contribution in [3.8, 4) is 0 Å². The van der Waals surface area contributed by atoms with E-state index in [-0.39, 0.29) is 5.41 Å². The molecule has 0 radical (unpaired) electrons. The SMILES string of the molecule is C=C/C(C)=C/C[C@@H]1C(=C)CC[C@H]2[C@@](C)(CO)CCC[C@]12C. The molecule has 1 N–H and O–H groups in total. The Balaban J connectivity index is 2.31. The van der Waals surface area contributed by atoms with Gasteiger partial charge in [-0.25, -0.2) is 0 Å². The molecule has 2 aliphatic carbocycles. The van der Waals surface area contributed by atoms with Crippen molar-refractivity contribution in [3.05, 3.63) is 36.5 Å². The van der Waals surface area contributed by atoms with Crippen LogP contribution in [0, 0.1) is 22.7 Å². The van der Waals surface area contributed by atoms with E-state index in [1.807, 2.05) is 6.08 Å². The highest BCUT2D eigenvalue weighted by Crippen LogP contribution is 2.61. The molecule has 0 saturated heterocycles. The summed E-state index contributed by atoms with van der Waals surface area (Å²) >= 11 is 0. The molecule has 4 atom stereocenters. The van der Waals surface area contributed by atoms with E-state index in [0.29, 0.717) is 23.9 Å². The van der Waals surface area contributed by atoms with E-state index < -0.39 is 0 Å². The Labute approximate surface area is 130 Å². The third-order valence-electron chi connectivity index (χ3n) is 6.50. The van der Waals surface area contributed by atoms with E-state index in [0.717, 1.165) is 12.8 Å². The lowest BCUT2D eigenvalue weighted by molar-refractivity contribution is -0.0837. The average Bonchev–Trinajstić information content (AvgIpc) is 2.45. The number of hydrogen-bond donors (Lipinski definition) is 1. The van der Waals surface area contributed by atoms with Crippen LogP contribution in [0.3, 0.4) is 0 Å². The molecule has 118 valence electrons. The zero-order valence-corrected chi connectivity index (χ0v) is 14.1. The standard InChI is InChI=1S/C20H32O/c1-6-15(2)8-10-17-16(3)9-11-18-19(4,14-21)12-7-13-20(17,18)5/h6,8,17-18,21H,1,3,7,9-14H2,2,4-5H3/b15-8+/t17-,18+,19-,20-/m1/s1. The average molecular weight is 288 g/mol. The molecular weight excluding hydrogens is 256 g/mol. The molecule has 1 nitrogen and oxygen atoms in total. The predicted molar refractivity (Wildman–Crippen MR) is 91.1 cm³/mol. The van der Waals surface area contributed by atoms with Crippen LogP contribution in [0.25, 0.3) is 0 Å². The van der Waals surface area contributed by atoms with Crippen LogP contribution in [0.4, 0.5) is 0 Å². The molecule has 0 aromatic heterocycles. The van der Waals surface area contributed by atoms with Crippen LogP contribution in [-0.2, 0) is 0 Å². The Morgan fingerprint density at radius 3 is 2.71 bits per heavy atom. The van der Waals surface area contributed by atoms with Gasteiger partial charge in [-0.3, -0.25) is 0 Å². The topological polar surface area (TPSA) is 20.2 Å². The summed E-state index contributed by atoms with van der Waals surface area (Å²) in [7, 11) is 0. The summed E-state index contributed by atoms with van der Waals surface area (Å²) in [4.78, 5) is 0. The maximum Gasteiger partial charge on any atom is 0.0487 e. The maximum atomic E-state index is 9.96. The highest BCUT2D eigenvalue weighted by atomic mass is 16.3. The number of allylic oxidation sites excluding steroid dienone is 4. The van der Waals surface area contributed by atoms with Crippen LogP contribution in [0.1, 0.15) is 59.3 Å². The van der Waals surface area contributed by atoms with Gasteiger partial charge in [0.15, 0.2) is 0 Å². The minimum absolute atomic E-state index is 0.100. The lowest BCUT2D eigenvalue weighted by Gasteiger charge is -2.58. The summed E-state index contributed by atoms with van der Waals surface area (Å²) in [6.07, 6.45) is 11.3. The lowest BCUT2D eigenvalue weighted by Crippen LogP contribution is -2.51. The first-order chi connectivity index (χ1) is 9.87. The van der Waals surface area contributed by atoms with Gasteiger partial charge in [-0.1, -0.05) is 56.7 Å². The predicted octanol–water partition coefficient (Wildman–Crippen LogP) is 5.28. The molecule has 0 unspecified atom stereocenters. The van der Waals surface area contributed by atoms with Crippen LogP contribution in [0.5, 0.6) is 0 Å². The summed E-state index contributed by atoms with van der Waals surface area (Å²) in [5.41, 5.74) is 3.07. The Kier molecular flexibility index (Phi) is 4.82. The zero-order valence-electron chi connectivity index (χ0n) is 14.1. The highest BCUT2D eigenvalue weighted by molar-refractivity contribution is 5.20. The Bertz CT molecular complexity index is 447. The van der Waals surface area contributed by atoms with Gasteiger partial charge < -0.3 is 5.11 Å². The maximum absolute atomic E-state index is 9.96. The summed E-state index contributed by atoms with van der Waals surface area (Å²) < 4.78 is 0. The van der Waals surface area contributed by atoms with Gasteiger partial charge >= 0.3 is 0 Å². The molecule has 21 heavy (non-hydrogen) atoms. The number of aliphatic hydroxyl groups is 1. The van der Waals surface area contributed by atoms with E-state index in [4.69, 9.17) is 0 Å². The van der Waals surface area contributed by atoms with Crippen molar-refractivity contribution >= 4 is 0 Å². The normalized spacial score (nSPS) is 40.8. The molecule has 0 aromatic carbocycles. The van der Waals surface area contributed by atoms with Crippen molar-refractivity contribution in [3.63, 3.8) is 0 Å². The molecule has 0 amide bonds. The van der Waals surface area contributed by atoms with Crippen LogP contribution >= 0.6 is 0 Å². The van der Waals surface area contributed by atoms with Gasteiger partial charge in [0.1, 0.15) is 0 Å². The van der Waals surface area contributed by atoms with E-state index in [1.54, 1.807) is 0 Å². The van der Waals surface area contributed by atoms with Crippen molar-refractivity contribution in [2.45, 2.75) is 59.3 Å². The van der Waals surface area contributed by atoms with E-state index >= 15 is 0 Å². The van der Waals surface area contributed by atoms with Gasteiger partial charge in [0.2, 0.25) is 0 Å². The van der Waals surface area contributed by atoms with Gasteiger partial charge in [-0.2, -0.15) is 0 Å². The first-order valence-electron chi connectivity index (χ1n) is 8.45. The second kappa shape index (κ2) is 6.12. The molecule has 2 rings (SSSR count). The van der Waals surface area contributed by atoms with Crippen LogP contribution in [-0.4, -0.2) is 11.7 Å². The van der Waals surface area contributed by atoms with E-state index in [9.17, 15) is 5.11 Å². The zero-order chi connectivity index (χ0) is 15.7. The molecule has 0 aliphatic heterocycles. The van der Waals surface area contributed by atoms with Crippen LogP contribution < -0.4 is 0 Å². The fourth-order valence-electron chi connectivity index (χ4n) is 5.10. The summed E-state index contributed by atoms with van der Waals surface area (Å²) in [5.74, 6) is 1.18. The van der Waals surface area contributed by atoms with Crippen molar-refractivity contribution in [1.29, 1.82) is 0 Å². The lowest BCUT2D eigenvalue weighted by atomic mass is 9.47. The van der Waals surface area contributed by atoms with Gasteiger partial charge in [0.05, 0.1) is 0 Å². The van der Waals surface area contributed by atoms with Crippen molar-refractivity contribution in [2.75, 3.05) is 6.61 Å². The van der Waals surface area contributed by atoms with Gasteiger partial charge in [-0.05, 0) is 61.7 Å². The summed E-state index contributed by atoms with van der Waals surface area (Å²) in [5, 5.41) is 9.96. The number of fused-ring (bicyclic) bond motifs is 1. The number of rotatable bonds is 4. The Morgan fingerprint density at radius 2 is 2.10 bits per heavy atom. The van der Waals surface area contributed by atoms with Crippen molar-refractivity contribution in [1.82, 2.24) is 0 Å². The van der Waals surface area contributed by atoms with Crippen LogP contribution in [0.15, 0.2) is 36.5 Å². The molecule has 0 aromatic rings. The van der Waals surface area contributed by atoms with Gasteiger partial charge in [-0.15, -0.1) is 0 Å². The molecular formula is C20H32O. The third-order valence-corrected chi connectivity index (χ3v) is 6.50. The van der Waals surface area contributed by atoms with Crippen molar-refractivity contribution < 1.29 is 5.11 Å². The second-order valence-electron chi connectivity index (χ2n) is 7.86. The number of hydrogen-bond acceptors (Lipinski definition) is 1. The van der Waals surface area contributed by atoms with Crippen LogP contribution in [0.2, 0.25) is 0 Å². The first-order valence-corrected chi connectivity index (χ1v) is 8.45. The Morgan fingerprint density at radius 1 is 1.38 bits per heavy atom. The fraction of sp³-hybridized carbons (Fsp3) is 0.700. The molecule has 0 heterocycles. The highest BCUT2D eigenvalue weighted by Gasteiger charge is 2.53. The minimum atomic E-state index is 0.100. The molecule has 2 fully saturated rings. The van der Waals surface area contributed by atoms with E-state index in [1.165, 1.54) is 36.8 Å². The fourth-order valence-corrected chi connectivity index (χ4v) is 5.10. The monoisotopic (exact) mass is 288 g/mol. The number of aliphatic hydroxyl groups excluding tert-OH is 1. The molecule has 1 heteroatoms. The molecule has 2 aliphatic rings. The van der Waals surface area contributed by atoms with E-state index in [2.05, 4.69) is 40.0 Å². The van der Waals surface area contributed by atoms with Gasteiger partial charge in [0, 0.05) is 6.61 Å². The van der Waals surface area contributed by atoms with Gasteiger partial charge in [0.25, 0.3) is 0 Å². The first kappa shape index (κ1) is 16.5. The molecule has 2 saturated carbocycles. The minimum Gasteiger partial charge on any atom is -0.396 e. The smallest absolute Gasteiger partial charge is 0.0487 e. The van der Waals surface area contributed by atoms with Crippen molar-refractivity contribution in [2.24, 2.45) is 22.7 Å². The third kappa shape index (κ3) is 2.90.